The summed E-state index contributed by atoms with van der Waals surface area (Å²) >= 11 is 0. The maximum absolute atomic E-state index is 13.2. The van der Waals surface area contributed by atoms with Crippen LogP contribution in [0.5, 0.6) is 0 Å². The molecule has 3 aliphatic heterocycles. The lowest BCUT2D eigenvalue weighted by Crippen LogP contribution is -2.51. The van der Waals surface area contributed by atoms with Crippen LogP contribution in [0, 0.1) is 5.92 Å². The zero-order valence-electron chi connectivity index (χ0n) is 18.1. The minimum Gasteiger partial charge on any atom is -0.342 e. The first-order valence-corrected chi connectivity index (χ1v) is 12.1. The fraction of sp³-hybridized carbons (Fsp3) is 0.720. The van der Waals surface area contributed by atoms with Crippen LogP contribution >= 0.6 is 0 Å². The molecule has 0 bridgehead atoms. The molecule has 3 heterocycles. The molecule has 1 unspecified atom stereocenters. The van der Waals surface area contributed by atoms with E-state index >= 15 is 0 Å². The van der Waals surface area contributed by atoms with Crippen molar-refractivity contribution in [3.63, 3.8) is 0 Å². The van der Waals surface area contributed by atoms with Gasteiger partial charge in [0.25, 0.3) is 0 Å². The van der Waals surface area contributed by atoms with E-state index in [2.05, 4.69) is 45.0 Å². The Balaban J connectivity index is 1.26. The molecule has 1 aromatic carbocycles. The van der Waals surface area contributed by atoms with Gasteiger partial charge in [0.1, 0.15) is 0 Å². The van der Waals surface area contributed by atoms with Crippen LogP contribution in [0.25, 0.3) is 0 Å². The molecule has 1 aromatic rings. The quantitative estimate of drug-likeness (QED) is 0.763. The molecule has 0 saturated carbocycles. The summed E-state index contributed by atoms with van der Waals surface area (Å²) in [6, 6.07) is 11.5. The highest BCUT2D eigenvalue weighted by Gasteiger charge is 2.33. The SMILES string of the molecule is O=C(C1CCCN(C2CCN(Cc3ccccc3)CC2)C1)N1CCCCCCC1. The fourth-order valence-corrected chi connectivity index (χ4v) is 5.55. The number of amides is 1. The average Bonchev–Trinajstić information content (AvgIpc) is 2.75. The zero-order chi connectivity index (χ0) is 19.9. The first-order valence-electron chi connectivity index (χ1n) is 12.1. The summed E-state index contributed by atoms with van der Waals surface area (Å²) < 4.78 is 0. The van der Waals surface area contributed by atoms with Gasteiger partial charge in [0, 0.05) is 32.2 Å². The molecule has 3 fully saturated rings. The Morgan fingerprint density at radius 3 is 2.21 bits per heavy atom. The van der Waals surface area contributed by atoms with E-state index in [0.29, 0.717) is 11.9 Å². The number of piperidine rings is 2. The molecule has 0 aromatic heterocycles. The Kier molecular flexibility index (Phi) is 7.61. The van der Waals surface area contributed by atoms with Crippen molar-refractivity contribution < 1.29 is 4.79 Å². The summed E-state index contributed by atoms with van der Waals surface area (Å²) in [6.45, 7) is 7.61. The molecule has 0 radical (unpaired) electrons. The number of hydrogen-bond acceptors (Lipinski definition) is 3. The van der Waals surface area contributed by atoms with Crippen LogP contribution in [0.15, 0.2) is 30.3 Å². The molecule has 4 nitrogen and oxygen atoms in total. The second-order valence-electron chi connectivity index (χ2n) is 9.42. The highest BCUT2D eigenvalue weighted by molar-refractivity contribution is 5.79. The predicted octanol–water partition coefficient (Wildman–Crippen LogP) is 4.16. The van der Waals surface area contributed by atoms with Crippen molar-refractivity contribution in [2.45, 2.75) is 70.4 Å². The topological polar surface area (TPSA) is 26.8 Å². The summed E-state index contributed by atoms with van der Waals surface area (Å²) in [6.07, 6.45) is 11.1. The van der Waals surface area contributed by atoms with Crippen molar-refractivity contribution in [3.8, 4) is 0 Å². The van der Waals surface area contributed by atoms with Gasteiger partial charge in [0.05, 0.1) is 5.92 Å². The van der Waals surface area contributed by atoms with Crippen molar-refractivity contribution >= 4 is 5.91 Å². The van der Waals surface area contributed by atoms with E-state index in [0.717, 1.165) is 32.6 Å². The van der Waals surface area contributed by atoms with Crippen LogP contribution < -0.4 is 0 Å². The Bertz CT molecular complexity index is 618. The average molecular weight is 398 g/mol. The smallest absolute Gasteiger partial charge is 0.226 e. The van der Waals surface area contributed by atoms with Crippen molar-refractivity contribution in [1.82, 2.24) is 14.7 Å². The molecule has 4 heteroatoms. The van der Waals surface area contributed by atoms with Crippen LogP contribution in [0.4, 0.5) is 0 Å². The Labute approximate surface area is 177 Å². The largest absolute Gasteiger partial charge is 0.342 e. The predicted molar refractivity (Wildman–Crippen MR) is 119 cm³/mol. The van der Waals surface area contributed by atoms with Crippen molar-refractivity contribution in [3.05, 3.63) is 35.9 Å². The maximum Gasteiger partial charge on any atom is 0.226 e. The molecule has 3 saturated heterocycles. The fourth-order valence-electron chi connectivity index (χ4n) is 5.55. The molecule has 29 heavy (non-hydrogen) atoms. The van der Waals surface area contributed by atoms with E-state index in [9.17, 15) is 4.79 Å². The number of rotatable bonds is 4. The molecular weight excluding hydrogens is 358 g/mol. The van der Waals surface area contributed by atoms with Gasteiger partial charge >= 0.3 is 0 Å². The van der Waals surface area contributed by atoms with Gasteiger partial charge in [0.15, 0.2) is 0 Å². The second kappa shape index (κ2) is 10.6. The van der Waals surface area contributed by atoms with Gasteiger partial charge in [0.2, 0.25) is 5.91 Å². The second-order valence-corrected chi connectivity index (χ2v) is 9.42. The minimum atomic E-state index is 0.241. The standard InChI is InChI=1S/C25H39N3O/c29-25(27-15-7-2-1-3-8-16-27)23-12-9-17-28(21-23)24-13-18-26(19-14-24)20-22-10-5-4-6-11-22/h4-6,10-11,23-24H,1-3,7-9,12-21H2. The van der Waals surface area contributed by atoms with Gasteiger partial charge in [-0.1, -0.05) is 49.6 Å². The third kappa shape index (κ3) is 5.82. The first-order chi connectivity index (χ1) is 14.3. The molecule has 1 amide bonds. The van der Waals surface area contributed by atoms with Crippen LogP contribution in [0.2, 0.25) is 0 Å². The zero-order valence-corrected chi connectivity index (χ0v) is 18.1. The molecule has 3 aliphatic rings. The van der Waals surface area contributed by atoms with Gasteiger partial charge in [-0.2, -0.15) is 0 Å². The molecule has 0 spiro atoms. The minimum absolute atomic E-state index is 0.241. The Morgan fingerprint density at radius 2 is 1.48 bits per heavy atom. The lowest BCUT2D eigenvalue weighted by atomic mass is 9.92. The highest BCUT2D eigenvalue weighted by Crippen LogP contribution is 2.26. The summed E-state index contributed by atoms with van der Waals surface area (Å²) in [5.41, 5.74) is 1.42. The lowest BCUT2D eigenvalue weighted by Gasteiger charge is -2.43. The maximum atomic E-state index is 13.2. The number of likely N-dealkylation sites (tertiary alicyclic amines) is 3. The van der Waals surface area contributed by atoms with Crippen molar-refractivity contribution in [2.75, 3.05) is 39.3 Å². The van der Waals surface area contributed by atoms with Gasteiger partial charge in [-0.15, -0.1) is 0 Å². The van der Waals surface area contributed by atoms with Gasteiger partial charge in [-0.3, -0.25) is 14.6 Å². The number of hydrogen-bond donors (Lipinski definition) is 0. The van der Waals surface area contributed by atoms with E-state index in [1.807, 2.05) is 0 Å². The van der Waals surface area contributed by atoms with Gasteiger partial charge in [-0.05, 0) is 63.7 Å². The number of benzene rings is 1. The number of carbonyl (C=O) groups is 1. The van der Waals surface area contributed by atoms with E-state index < -0.39 is 0 Å². The third-order valence-corrected chi connectivity index (χ3v) is 7.29. The van der Waals surface area contributed by atoms with Crippen LogP contribution in [-0.2, 0) is 11.3 Å². The number of nitrogens with zero attached hydrogens (tertiary/aromatic N) is 3. The molecular formula is C25H39N3O. The molecule has 4 rings (SSSR count). The highest BCUT2D eigenvalue weighted by atomic mass is 16.2. The van der Waals surface area contributed by atoms with E-state index in [4.69, 9.17) is 0 Å². The molecule has 0 aliphatic carbocycles. The summed E-state index contributed by atoms with van der Waals surface area (Å²) in [4.78, 5) is 20.7. The van der Waals surface area contributed by atoms with Gasteiger partial charge < -0.3 is 4.90 Å². The monoisotopic (exact) mass is 397 g/mol. The van der Waals surface area contributed by atoms with E-state index in [1.165, 1.54) is 76.6 Å². The normalized spacial score (nSPS) is 26.1. The van der Waals surface area contributed by atoms with Crippen molar-refractivity contribution in [1.29, 1.82) is 0 Å². The van der Waals surface area contributed by atoms with E-state index in [1.54, 1.807) is 0 Å². The van der Waals surface area contributed by atoms with Crippen molar-refractivity contribution in [2.24, 2.45) is 5.92 Å². The first kappa shape index (κ1) is 20.9. The van der Waals surface area contributed by atoms with Crippen LogP contribution in [0.3, 0.4) is 0 Å². The Morgan fingerprint density at radius 1 is 0.793 bits per heavy atom. The third-order valence-electron chi connectivity index (χ3n) is 7.29. The summed E-state index contributed by atoms with van der Waals surface area (Å²) in [7, 11) is 0. The van der Waals surface area contributed by atoms with E-state index in [-0.39, 0.29) is 5.92 Å². The summed E-state index contributed by atoms with van der Waals surface area (Å²) in [5.74, 6) is 0.698. The molecule has 160 valence electrons. The molecule has 1 atom stereocenters. The van der Waals surface area contributed by atoms with Gasteiger partial charge in [-0.25, -0.2) is 0 Å². The molecule has 0 N–H and O–H groups in total. The number of carbonyl (C=O) groups excluding carboxylic acids is 1. The van der Waals surface area contributed by atoms with Crippen LogP contribution in [0.1, 0.15) is 63.4 Å². The lowest BCUT2D eigenvalue weighted by molar-refractivity contribution is -0.138. The Hall–Kier alpha value is -1.39. The van der Waals surface area contributed by atoms with Crippen LogP contribution in [-0.4, -0.2) is 65.9 Å². The summed E-state index contributed by atoms with van der Waals surface area (Å²) in [5, 5.41) is 0.